The van der Waals surface area contributed by atoms with E-state index in [-0.39, 0.29) is 0 Å². The first-order valence-electron chi connectivity index (χ1n) is 6.91. The predicted octanol–water partition coefficient (Wildman–Crippen LogP) is 3.62. The Balaban J connectivity index is 2.14. The number of nitrogens with zero attached hydrogens (tertiary/aromatic N) is 1. The van der Waals surface area contributed by atoms with Crippen LogP contribution in [0.3, 0.4) is 0 Å². The molecule has 0 spiro atoms. The Bertz CT molecular complexity index is 341. The summed E-state index contributed by atoms with van der Waals surface area (Å²) in [5.74, 6) is 0.761. The summed E-state index contributed by atoms with van der Waals surface area (Å²) < 4.78 is 0. The Labute approximate surface area is 105 Å². The molecule has 0 amide bonds. The van der Waals surface area contributed by atoms with Gasteiger partial charge in [-0.05, 0) is 50.4 Å². The van der Waals surface area contributed by atoms with E-state index in [0.29, 0.717) is 6.04 Å². The Hall–Kier alpha value is -0.890. The van der Waals surface area contributed by atoms with Crippen LogP contribution in [0.1, 0.15) is 55.8 Å². The van der Waals surface area contributed by atoms with Crippen LogP contribution < -0.4 is 5.32 Å². The molecule has 0 aliphatic heterocycles. The first-order chi connectivity index (χ1) is 8.31. The van der Waals surface area contributed by atoms with E-state index in [0.717, 1.165) is 5.92 Å². The molecule has 0 aromatic carbocycles. The van der Waals surface area contributed by atoms with Gasteiger partial charge in [-0.2, -0.15) is 0 Å². The van der Waals surface area contributed by atoms with Gasteiger partial charge >= 0.3 is 0 Å². The van der Waals surface area contributed by atoms with Gasteiger partial charge in [-0.3, -0.25) is 4.98 Å². The molecule has 2 nitrogen and oxygen atoms in total. The first kappa shape index (κ1) is 12.6. The Morgan fingerprint density at radius 1 is 1.24 bits per heavy atom. The highest BCUT2D eigenvalue weighted by molar-refractivity contribution is 5.18. The second-order valence-corrected chi connectivity index (χ2v) is 5.28. The van der Waals surface area contributed by atoms with E-state index >= 15 is 0 Å². The molecule has 1 aromatic rings. The summed E-state index contributed by atoms with van der Waals surface area (Å²) in [7, 11) is 2.07. The average Bonchev–Trinajstić information content (AvgIpc) is 2.59. The number of pyridine rings is 1. The topological polar surface area (TPSA) is 24.9 Å². The summed E-state index contributed by atoms with van der Waals surface area (Å²) in [6, 6.07) is 4.74. The van der Waals surface area contributed by atoms with E-state index in [1.807, 2.05) is 6.20 Å². The van der Waals surface area contributed by atoms with Crippen molar-refractivity contribution in [2.75, 3.05) is 7.05 Å². The third-order valence-corrected chi connectivity index (χ3v) is 3.94. The Morgan fingerprint density at radius 3 is 2.53 bits per heavy atom. The molecule has 1 atom stereocenters. The number of hydrogen-bond donors (Lipinski definition) is 1. The second-order valence-electron chi connectivity index (χ2n) is 5.28. The van der Waals surface area contributed by atoms with Crippen LogP contribution in [0.5, 0.6) is 0 Å². The van der Waals surface area contributed by atoms with Crippen molar-refractivity contribution in [2.45, 2.75) is 51.5 Å². The third kappa shape index (κ3) is 3.29. The highest BCUT2D eigenvalue weighted by Gasteiger charge is 2.23. The Morgan fingerprint density at radius 2 is 1.94 bits per heavy atom. The summed E-state index contributed by atoms with van der Waals surface area (Å²) in [4.78, 5) is 4.55. The normalized spacial score (nSPS) is 19.9. The van der Waals surface area contributed by atoms with Gasteiger partial charge in [0.2, 0.25) is 0 Å². The third-order valence-electron chi connectivity index (χ3n) is 3.94. The van der Waals surface area contributed by atoms with Crippen LogP contribution in [0.15, 0.2) is 18.3 Å². The largest absolute Gasteiger partial charge is 0.311 e. The first-order valence-corrected chi connectivity index (χ1v) is 6.91. The van der Waals surface area contributed by atoms with Crippen molar-refractivity contribution >= 4 is 0 Å². The molecule has 1 heterocycles. The number of rotatable bonds is 3. The molecule has 1 aliphatic rings. The number of aromatic nitrogens is 1. The molecule has 17 heavy (non-hydrogen) atoms. The predicted molar refractivity (Wildman–Crippen MR) is 72.0 cm³/mol. The molecule has 1 aromatic heterocycles. The van der Waals surface area contributed by atoms with Crippen molar-refractivity contribution in [3.63, 3.8) is 0 Å². The van der Waals surface area contributed by atoms with Crippen molar-refractivity contribution < 1.29 is 0 Å². The second kappa shape index (κ2) is 6.15. The van der Waals surface area contributed by atoms with Gasteiger partial charge < -0.3 is 5.32 Å². The fraction of sp³-hybridized carbons (Fsp3) is 0.667. The molecule has 2 rings (SSSR count). The van der Waals surface area contributed by atoms with E-state index in [1.54, 1.807) is 0 Å². The van der Waals surface area contributed by atoms with E-state index < -0.39 is 0 Å². The minimum absolute atomic E-state index is 0.438. The van der Waals surface area contributed by atoms with E-state index in [9.17, 15) is 0 Å². The van der Waals surface area contributed by atoms with E-state index in [1.165, 1.54) is 49.8 Å². The molecule has 1 N–H and O–H groups in total. The van der Waals surface area contributed by atoms with Gasteiger partial charge in [-0.25, -0.2) is 0 Å². The molecule has 0 radical (unpaired) electrons. The fourth-order valence-electron chi connectivity index (χ4n) is 3.00. The number of nitrogens with one attached hydrogen (secondary N) is 1. The number of aryl methyl sites for hydroxylation is 1. The zero-order valence-electron chi connectivity index (χ0n) is 11.1. The average molecular weight is 232 g/mol. The van der Waals surface area contributed by atoms with E-state index in [2.05, 4.69) is 36.4 Å². The summed E-state index contributed by atoms with van der Waals surface area (Å²) in [6.45, 7) is 2.14. The van der Waals surface area contributed by atoms with E-state index in [4.69, 9.17) is 0 Å². The smallest absolute Gasteiger partial charge is 0.0578 e. The van der Waals surface area contributed by atoms with Gasteiger partial charge in [-0.1, -0.05) is 25.7 Å². The van der Waals surface area contributed by atoms with Crippen LogP contribution in [0.2, 0.25) is 0 Å². The quantitative estimate of drug-likeness (QED) is 0.805. The zero-order valence-corrected chi connectivity index (χ0v) is 11.1. The van der Waals surface area contributed by atoms with Crippen molar-refractivity contribution in [2.24, 2.45) is 5.92 Å². The molecular formula is C15H24N2. The summed E-state index contributed by atoms with van der Waals surface area (Å²) >= 11 is 0. The molecule has 0 saturated heterocycles. The lowest BCUT2D eigenvalue weighted by Gasteiger charge is -2.25. The number of hydrogen-bond acceptors (Lipinski definition) is 2. The van der Waals surface area contributed by atoms with Crippen molar-refractivity contribution in [3.8, 4) is 0 Å². The lowest BCUT2D eigenvalue weighted by Crippen LogP contribution is -2.26. The molecule has 0 bridgehead atoms. The molecule has 1 aliphatic carbocycles. The van der Waals surface area contributed by atoms with Crippen LogP contribution in [-0.4, -0.2) is 12.0 Å². The highest BCUT2D eigenvalue weighted by Crippen LogP contribution is 2.32. The molecule has 1 unspecified atom stereocenters. The fourth-order valence-corrected chi connectivity index (χ4v) is 3.00. The van der Waals surface area contributed by atoms with Gasteiger partial charge in [0.25, 0.3) is 0 Å². The SMILES string of the molecule is CNC(c1cc(C)ccn1)C1CCCCCC1. The lowest BCUT2D eigenvalue weighted by atomic mass is 9.89. The van der Waals surface area contributed by atoms with Crippen LogP contribution in [0.4, 0.5) is 0 Å². The van der Waals surface area contributed by atoms with Gasteiger partial charge in [0.15, 0.2) is 0 Å². The minimum Gasteiger partial charge on any atom is -0.311 e. The summed E-state index contributed by atoms with van der Waals surface area (Å²) in [5.41, 5.74) is 2.53. The standard InChI is InChI=1S/C15H24N2/c1-12-9-10-17-14(11-12)15(16-2)13-7-5-3-4-6-8-13/h9-11,13,15-16H,3-8H2,1-2H3. The summed E-state index contributed by atoms with van der Waals surface area (Å²) in [5, 5.41) is 3.48. The Kier molecular flexibility index (Phi) is 4.55. The monoisotopic (exact) mass is 232 g/mol. The van der Waals surface area contributed by atoms with Crippen LogP contribution in [0, 0.1) is 12.8 Å². The van der Waals surface area contributed by atoms with Gasteiger partial charge in [0.1, 0.15) is 0 Å². The van der Waals surface area contributed by atoms with Crippen LogP contribution in [-0.2, 0) is 0 Å². The van der Waals surface area contributed by atoms with Crippen molar-refractivity contribution in [3.05, 3.63) is 29.6 Å². The lowest BCUT2D eigenvalue weighted by molar-refractivity contribution is 0.336. The maximum atomic E-state index is 4.55. The van der Waals surface area contributed by atoms with Gasteiger partial charge in [0, 0.05) is 6.20 Å². The van der Waals surface area contributed by atoms with Crippen LogP contribution >= 0.6 is 0 Å². The van der Waals surface area contributed by atoms with Gasteiger partial charge in [-0.15, -0.1) is 0 Å². The molecule has 1 saturated carbocycles. The summed E-state index contributed by atoms with van der Waals surface area (Å²) in [6.07, 6.45) is 10.2. The molecular weight excluding hydrogens is 208 g/mol. The van der Waals surface area contributed by atoms with Crippen molar-refractivity contribution in [1.29, 1.82) is 0 Å². The highest BCUT2D eigenvalue weighted by atomic mass is 14.9. The van der Waals surface area contributed by atoms with Crippen LogP contribution in [0.25, 0.3) is 0 Å². The zero-order chi connectivity index (χ0) is 12.1. The maximum absolute atomic E-state index is 4.55. The molecule has 1 fully saturated rings. The maximum Gasteiger partial charge on any atom is 0.0578 e. The molecule has 2 heteroatoms. The minimum atomic E-state index is 0.438. The molecule has 94 valence electrons. The van der Waals surface area contributed by atoms with Crippen molar-refractivity contribution in [1.82, 2.24) is 10.3 Å². The van der Waals surface area contributed by atoms with Gasteiger partial charge in [0.05, 0.1) is 11.7 Å².